The number of nitrogens with one attached hydrogen (secondary N) is 2. The molecule has 1 aliphatic heterocycles. The number of carbonyl (C=O) groups excluding carboxylic acids is 2. The third kappa shape index (κ3) is 1.95. The Kier molecular flexibility index (Phi) is 2.63. The zero-order valence-corrected chi connectivity index (χ0v) is 6.59. The minimum atomic E-state index is -0.360. The molecule has 2 N–H and O–H groups in total. The monoisotopic (exact) mass is 166 g/mol. The van der Waals surface area contributed by atoms with Gasteiger partial charge in [-0.1, -0.05) is 6.08 Å². The summed E-state index contributed by atoms with van der Waals surface area (Å²) in [5.41, 5.74) is 0.335. The van der Waals surface area contributed by atoms with Crippen LogP contribution in [0.3, 0.4) is 0 Å². The van der Waals surface area contributed by atoms with Crippen molar-refractivity contribution in [2.24, 2.45) is 0 Å². The van der Waals surface area contributed by atoms with E-state index in [1.165, 1.54) is 6.08 Å². The summed E-state index contributed by atoms with van der Waals surface area (Å²) in [7, 11) is 0. The molecule has 0 aromatic carbocycles. The second kappa shape index (κ2) is 3.71. The molecule has 1 heterocycles. The highest BCUT2D eigenvalue weighted by atomic mass is 16.2. The van der Waals surface area contributed by atoms with Crippen molar-refractivity contribution >= 4 is 11.8 Å². The standard InChI is InChI=1S/C8H10N2O2/c1-2-3-4-9-6-5-7(11)10-8(6)12/h2,5H,1,3-4H2,(H2,9,10,11,12). The lowest BCUT2D eigenvalue weighted by molar-refractivity contribution is -0.124. The van der Waals surface area contributed by atoms with Crippen LogP contribution in [-0.4, -0.2) is 18.4 Å². The molecule has 0 saturated carbocycles. The van der Waals surface area contributed by atoms with Gasteiger partial charge in [0.15, 0.2) is 0 Å². The van der Waals surface area contributed by atoms with Crippen LogP contribution >= 0.6 is 0 Å². The van der Waals surface area contributed by atoms with Gasteiger partial charge in [0, 0.05) is 12.6 Å². The number of carbonyl (C=O) groups is 2. The predicted molar refractivity (Wildman–Crippen MR) is 44.0 cm³/mol. The second-order valence-corrected chi connectivity index (χ2v) is 2.38. The van der Waals surface area contributed by atoms with E-state index in [0.29, 0.717) is 12.2 Å². The molecular formula is C8H10N2O2. The van der Waals surface area contributed by atoms with Gasteiger partial charge in [-0.25, -0.2) is 0 Å². The van der Waals surface area contributed by atoms with E-state index in [1.807, 2.05) is 0 Å². The van der Waals surface area contributed by atoms with Crippen LogP contribution in [0.25, 0.3) is 0 Å². The van der Waals surface area contributed by atoms with Gasteiger partial charge in [-0.3, -0.25) is 14.9 Å². The van der Waals surface area contributed by atoms with Gasteiger partial charge in [0.25, 0.3) is 11.8 Å². The van der Waals surface area contributed by atoms with E-state index in [1.54, 1.807) is 6.08 Å². The van der Waals surface area contributed by atoms with E-state index in [-0.39, 0.29) is 11.8 Å². The second-order valence-electron chi connectivity index (χ2n) is 2.38. The van der Waals surface area contributed by atoms with Gasteiger partial charge in [-0.15, -0.1) is 6.58 Å². The summed E-state index contributed by atoms with van der Waals surface area (Å²) in [5, 5.41) is 4.95. The zero-order valence-electron chi connectivity index (χ0n) is 6.59. The SMILES string of the molecule is C=CCCNC1=CC(=O)NC1=O. The highest BCUT2D eigenvalue weighted by molar-refractivity contribution is 6.15. The third-order valence-electron chi connectivity index (χ3n) is 1.42. The minimum Gasteiger partial charge on any atom is -0.380 e. The number of hydrogen-bond acceptors (Lipinski definition) is 3. The van der Waals surface area contributed by atoms with E-state index in [2.05, 4.69) is 17.2 Å². The van der Waals surface area contributed by atoms with Crippen molar-refractivity contribution in [3.63, 3.8) is 0 Å². The van der Waals surface area contributed by atoms with Crippen molar-refractivity contribution < 1.29 is 9.59 Å². The topological polar surface area (TPSA) is 58.2 Å². The molecule has 0 radical (unpaired) electrons. The first kappa shape index (κ1) is 8.52. The Hall–Kier alpha value is -1.58. The molecule has 0 fully saturated rings. The van der Waals surface area contributed by atoms with Gasteiger partial charge in [0.1, 0.15) is 5.70 Å². The van der Waals surface area contributed by atoms with E-state index < -0.39 is 0 Å². The summed E-state index contributed by atoms with van der Waals surface area (Å²) in [5.74, 6) is -0.717. The lowest BCUT2D eigenvalue weighted by atomic mass is 10.4. The maximum absolute atomic E-state index is 10.9. The Morgan fingerprint density at radius 2 is 2.33 bits per heavy atom. The molecule has 2 amide bonds. The van der Waals surface area contributed by atoms with Crippen LogP contribution in [0.15, 0.2) is 24.4 Å². The number of amides is 2. The van der Waals surface area contributed by atoms with Gasteiger partial charge in [-0.2, -0.15) is 0 Å². The fraction of sp³-hybridized carbons (Fsp3) is 0.250. The Bertz CT molecular complexity index is 256. The third-order valence-corrected chi connectivity index (χ3v) is 1.42. The Balaban J connectivity index is 2.41. The summed E-state index contributed by atoms with van der Waals surface area (Å²) in [6.45, 7) is 4.15. The number of imide groups is 1. The largest absolute Gasteiger partial charge is 0.380 e. The molecule has 0 unspecified atom stereocenters. The molecule has 0 bridgehead atoms. The first-order valence-electron chi connectivity index (χ1n) is 3.66. The Labute approximate surface area is 70.3 Å². The number of rotatable bonds is 4. The van der Waals surface area contributed by atoms with Crippen LogP contribution in [0, 0.1) is 0 Å². The van der Waals surface area contributed by atoms with Crippen LogP contribution in [0.5, 0.6) is 0 Å². The van der Waals surface area contributed by atoms with Crippen LogP contribution in [0.2, 0.25) is 0 Å². The van der Waals surface area contributed by atoms with Gasteiger partial charge >= 0.3 is 0 Å². The summed E-state index contributed by atoms with van der Waals surface area (Å²) >= 11 is 0. The first-order valence-corrected chi connectivity index (χ1v) is 3.66. The lowest BCUT2D eigenvalue weighted by Gasteiger charge is -2.01. The van der Waals surface area contributed by atoms with Gasteiger partial charge in [-0.05, 0) is 6.42 Å². The fourth-order valence-corrected chi connectivity index (χ4v) is 0.852. The molecule has 1 aliphatic rings. The molecule has 1 rings (SSSR count). The molecule has 4 nitrogen and oxygen atoms in total. The summed E-state index contributed by atoms with van der Waals surface area (Å²) in [6, 6.07) is 0. The Morgan fingerprint density at radius 3 is 2.83 bits per heavy atom. The average Bonchev–Trinajstić information content (AvgIpc) is 2.31. The van der Waals surface area contributed by atoms with Crippen LogP contribution in [0.4, 0.5) is 0 Å². The van der Waals surface area contributed by atoms with Gasteiger partial charge in [0.2, 0.25) is 0 Å². The van der Waals surface area contributed by atoms with E-state index >= 15 is 0 Å². The van der Waals surface area contributed by atoms with Gasteiger partial charge in [0.05, 0.1) is 0 Å². The van der Waals surface area contributed by atoms with Gasteiger partial charge < -0.3 is 5.32 Å². The Morgan fingerprint density at radius 1 is 1.58 bits per heavy atom. The molecular weight excluding hydrogens is 156 g/mol. The summed E-state index contributed by atoms with van der Waals surface area (Å²) in [4.78, 5) is 21.5. The first-order chi connectivity index (χ1) is 5.74. The highest BCUT2D eigenvalue weighted by Gasteiger charge is 2.19. The van der Waals surface area contributed by atoms with Crippen molar-refractivity contribution in [1.82, 2.24) is 10.6 Å². The molecule has 0 aliphatic carbocycles. The van der Waals surface area contributed by atoms with E-state index in [9.17, 15) is 9.59 Å². The highest BCUT2D eigenvalue weighted by Crippen LogP contribution is 1.97. The van der Waals surface area contributed by atoms with Crippen LogP contribution in [-0.2, 0) is 9.59 Å². The normalized spacial score (nSPS) is 15.5. The quantitative estimate of drug-likeness (QED) is 0.342. The van der Waals surface area contributed by atoms with Crippen LogP contribution in [0.1, 0.15) is 6.42 Å². The molecule has 0 saturated heterocycles. The molecule has 0 atom stereocenters. The fourth-order valence-electron chi connectivity index (χ4n) is 0.852. The van der Waals surface area contributed by atoms with Crippen molar-refractivity contribution in [3.8, 4) is 0 Å². The smallest absolute Gasteiger partial charge is 0.274 e. The van der Waals surface area contributed by atoms with Crippen molar-refractivity contribution in [3.05, 3.63) is 24.4 Å². The average molecular weight is 166 g/mol. The predicted octanol–water partition coefficient (Wildman–Crippen LogP) is -0.308. The molecule has 0 spiro atoms. The molecule has 12 heavy (non-hydrogen) atoms. The van der Waals surface area contributed by atoms with Crippen molar-refractivity contribution in [2.45, 2.75) is 6.42 Å². The van der Waals surface area contributed by atoms with Crippen molar-refractivity contribution in [1.29, 1.82) is 0 Å². The maximum Gasteiger partial charge on any atom is 0.274 e. The molecule has 0 aromatic heterocycles. The van der Waals surface area contributed by atoms with E-state index in [4.69, 9.17) is 0 Å². The molecule has 0 aromatic rings. The summed E-state index contributed by atoms with van der Waals surface area (Å²) in [6.07, 6.45) is 3.76. The maximum atomic E-state index is 10.9. The van der Waals surface area contributed by atoms with Crippen molar-refractivity contribution in [2.75, 3.05) is 6.54 Å². The molecule has 64 valence electrons. The molecule has 4 heteroatoms. The van der Waals surface area contributed by atoms with E-state index in [0.717, 1.165) is 6.42 Å². The minimum absolute atomic E-state index is 0.335. The zero-order chi connectivity index (χ0) is 8.97. The summed E-state index contributed by atoms with van der Waals surface area (Å²) < 4.78 is 0. The lowest BCUT2D eigenvalue weighted by Crippen LogP contribution is -2.27. The number of hydrogen-bond donors (Lipinski definition) is 2. The van der Waals surface area contributed by atoms with Crippen LogP contribution < -0.4 is 10.6 Å².